The summed E-state index contributed by atoms with van der Waals surface area (Å²) in [5, 5.41) is 3.04. The lowest BCUT2D eigenvalue weighted by Gasteiger charge is -2.38. The third-order valence-corrected chi connectivity index (χ3v) is 12.9. The van der Waals surface area contributed by atoms with Crippen molar-refractivity contribution in [2.24, 2.45) is 5.92 Å². The average Bonchev–Trinajstić information content (AvgIpc) is 3.34. The molecule has 2 heterocycles. The van der Waals surface area contributed by atoms with Crippen LogP contribution in [0.4, 0.5) is 14.5 Å². The van der Waals surface area contributed by atoms with Crippen LogP contribution in [0.25, 0.3) is 0 Å². The number of carbonyl (C=O) groups is 1. The quantitative estimate of drug-likeness (QED) is 0.429. The van der Waals surface area contributed by atoms with Gasteiger partial charge in [0, 0.05) is 11.5 Å². The summed E-state index contributed by atoms with van der Waals surface area (Å²) >= 11 is 0. The van der Waals surface area contributed by atoms with Crippen LogP contribution < -0.4 is 10.1 Å². The van der Waals surface area contributed by atoms with E-state index in [0.717, 1.165) is 30.2 Å². The molecule has 4 rings (SSSR count). The molecule has 0 radical (unpaired) electrons. The first kappa shape index (κ1) is 27.7. The van der Waals surface area contributed by atoms with Gasteiger partial charge in [-0.25, -0.2) is 4.39 Å². The van der Waals surface area contributed by atoms with Crippen LogP contribution in [0.5, 0.6) is 5.75 Å². The number of hydrogen-bond acceptors (Lipinski definition) is 5. The Hall–Kier alpha value is -2.36. The van der Waals surface area contributed by atoms with E-state index in [1.54, 1.807) is 6.20 Å². The van der Waals surface area contributed by atoms with Gasteiger partial charge in [-0.05, 0) is 61.5 Å². The van der Waals surface area contributed by atoms with Gasteiger partial charge in [-0.2, -0.15) is 4.39 Å². The number of aryl methyl sites for hydroxylation is 1. The molecule has 1 saturated heterocycles. The molecule has 0 bridgehead atoms. The SMILES string of the molecule is COc1c([C@@H]2[C@H](C)[C@@H](C)O[C@H]2C(=O)Nc2cnc3c(c2)CCC3O[Si](C)(C)C(C)(C)C)ccc(F)c1F. The van der Waals surface area contributed by atoms with Gasteiger partial charge in [0.25, 0.3) is 5.91 Å². The van der Waals surface area contributed by atoms with E-state index in [4.69, 9.17) is 13.9 Å². The molecule has 6 nitrogen and oxygen atoms in total. The maximum Gasteiger partial charge on any atom is 0.254 e. The molecule has 9 heteroatoms. The molecule has 0 saturated carbocycles. The predicted octanol–water partition coefficient (Wildman–Crippen LogP) is 6.52. The lowest BCUT2D eigenvalue weighted by Crippen LogP contribution is -2.41. The third-order valence-electron chi connectivity index (χ3n) is 8.39. The van der Waals surface area contributed by atoms with Crippen LogP contribution in [0, 0.1) is 17.6 Å². The van der Waals surface area contributed by atoms with Crippen LogP contribution in [-0.2, 0) is 20.4 Å². The lowest BCUT2D eigenvalue weighted by molar-refractivity contribution is -0.127. The number of ether oxygens (including phenoxy) is 2. The summed E-state index contributed by atoms with van der Waals surface area (Å²) in [6, 6.07) is 4.48. The number of anilines is 1. The van der Waals surface area contributed by atoms with E-state index in [1.165, 1.54) is 13.2 Å². The highest BCUT2D eigenvalue weighted by atomic mass is 28.4. The smallest absolute Gasteiger partial charge is 0.254 e. The first-order valence-corrected chi connectivity index (χ1v) is 15.8. The molecule has 2 aromatic rings. The Bertz CT molecular complexity index is 1180. The molecule has 1 unspecified atom stereocenters. The van der Waals surface area contributed by atoms with Crippen LogP contribution >= 0.6 is 0 Å². The molecule has 37 heavy (non-hydrogen) atoms. The summed E-state index contributed by atoms with van der Waals surface area (Å²) in [6.45, 7) is 14.9. The Morgan fingerprint density at radius 3 is 2.57 bits per heavy atom. The highest BCUT2D eigenvalue weighted by Gasteiger charge is 2.46. The predicted molar refractivity (Wildman–Crippen MR) is 141 cm³/mol. The van der Waals surface area contributed by atoms with Crippen molar-refractivity contribution < 1.29 is 27.5 Å². The number of methoxy groups -OCH3 is 1. The van der Waals surface area contributed by atoms with E-state index >= 15 is 0 Å². The summed E-state index contributed by atoms with van der Waals surface area (Å²) in [5.41, 5.74) is 2.99. The number of carbonyl (C=O) groups excluding carboxylic acids is 1. The lowest BCUT2D eigenvalue weighted by atomic mass is 9.82. The number of halogens is 2. The normalized spacial score (nSPS) is 25.7. The fourth-order valence-corrected chi connectivity index (χ4v) is 6.35. The van der Waals surface area contributed by atoms with Crippen molar-refractivity contribution >= 4 is 19.9 Å². The number of amides is 1. The number of fused-ring (bicyclic) bond motifs is 1. The highest BCUT2D eigenvalue weighted by Crippen LogP contribution is 2.46. The maximum atomic E-state index is 14.5. The number of aromatic nitrogens is 1. The van der Waals surface area contributed by atoms with E-state index in [-0.39, 0.29) is 34.8 Å². The van der Waals surface area contributed by atoms with E-state index in [0.29, 0.717) is 11.3 Å². The zero-order valence-corrected chi connectivity index (χ0v) is 23.9. The summed E-state index contributed by atoms with van der Waals surface area (Å²) in [4.78, 5) is 18.1. The van der Waals surface area contributed by atoms with Crippen LogP contribution in [0.1, 0.15) is 69.9 Å². The molecule has 2 aliphatic rings. The van der Waals surface area contributed by atoms with Crippen molar-refractivity contribution in [2.75, 3.05) is 12.4 Å². The van der Waals surface area contributed by atoms with E-state index in [9.17, 15) is 13.6 Å². The van der Waals surface area contributed by atoms with Gasteiger partial charge in [-0.1, -0.05) is 33.8 Å². The van der Waals surface area contributed by atoms with Crippen molar-refractivity contribution in [3.8, 4) is 5.75 Å². The number of nitrogens with zero attached hydrogens (tertiary/aromatic N) is 1. The van der Waals surface area contributed by atoms with Crippen LogP contribution in [-0.4, -0.2) is 38.5 Å². The van der Waals surface area contributed by atoms with Gasteiger partial charge in [0.05, 0.1) is 36.9 Å². The Morgan fingerprint density at radius 2 is 1.92 bits per heavy atom. The van der Waals surface area contributed by atoms with Gasteiger partial charge >= 0.3 is 0 Å². The van der Waals surface area contributed by atoms with Crippen molar-refractivity contribution in [1.29, 1.82) is 0 Å². The molecule has 1 aliphatic carbocycles. The van der Waals surface area contributed by atoms with Gasteiger partial charge < -0.3 is 19.2 Å². The van der Waals surface area contributed by atoms with Gasteiger partial charge in [0.15, 0.2) is 19.9 Å². The van der Waals surface area contributed by atoms with E-state index in [1.807, 2.05) is 19.9 Å². The maximum absolute atomic E-state index is 14.5. The summed E-state index contributed by atoms with van der Waals surface area (Å²) in [5.74, 6) is -3.25. The highest BCUT2D eigenvalue weighted by molar-refractivity contribution is 6.74. The molecular weight excluding hydrogens is 494 g/mol. The fourth-order valence-electron chi connectivity index (χ4n) is 5.06. The largest absolute Gasteiger partial charge is 0.493 e. The topological polar surface area (TPSA) is 69.7 Å². The van der Waals surface area contributed by atoms with Crippen molar-refractivity contribution in [2.45, 2.75) is 89.8 Å². The minimum atomic E-state index is -1.95. The Morgan fingerprint density at radius 1 is 1.22 bits per heavy atom. The zero-order chi connectivity index (χ0) is 27.3. The minimum Gasteiger partial charge on any atom is -0.493 e. The Labute approximate surface area is 219 Å². The zero-order valence-electron chi connectivity index (χ0n) is 22.9. The number of rotatable bonds is 6. The second-order valence-electron chi connectivity index (χ2n) is 11.8. The Kier molecular flexibility index (Phi) is 7.53. The number of hydrogen-bond donors (Lipinski definition) is 1. The molecule has 1 amide bonds. The second kappa shape index (κ2) is 10.1. The van der Waals surface area contributed by atoms with Crippen LogP contribution in [0.2, 0.25) is 18.1 Å². The molecule has 1 aliphatic heterocycles. The van der Waals surface area contributed by atoms with Gasteiger partial charge in [0.1, 0.15) is 6.10 Å². The van der Waals surface area contributed by atoms with Crippen molar-refractivity contribution in [3.05, 3.63) is 52.9 Å². The van der Waals surface area contributed by atoms with Gasteiger partial charge in [-0.3, -0.25) is 9.78 Å². The molecular formula is C28H38F2N2O4Si. The Balaban J connectivity index is 1.55. The molecule has 0 spiro atoms. The van der Waals surface area contributed by atoms with Crippen molar-refractivity contribution in [3.63, 3.8) is 0 Å². The molecule has 1 fully saturated rings. The van der Waals surface area contributed by atoms with Gasteiger partial charge in [0.2, 0.25) is 5.82 Å². The number of pyridine rings is 1. The van der Waals surface area contributed by atoms with Gasteiger partial charge in [-0.15, -0.1) is 0 Å². The summed E-state index contributed by atoms with van der Waals surface area (Å²) in [6.07, 6.45) is 2.15. The third kappa shape index (κ3) is 5.18. The van der Waals surface area contributed by atoms with E-state index in [2.05, 4.69) is 44.2 Å². The molecule has 1 N–H and O–H groups in total. The number of benzene rings is 1. The standard InChI is InChI=1S/C28H38F2N2O4Si/c1-15-16(2)35-26(22(15)19-10-11-20(29)23(30)25(19)34-6)27(33)32-18-13-17-9-12-21(24(17)31-14-18)36-37(7,8)28(3,4)5/h10-11,13-16,21-22,26H,9,12H2,1-8H3,(H,32,33)/t15-,16-,21?,22+,26-/m1/s1. The van der Waals surface area contributed by atoms with Crippen LogP contribution in [0.15, 0.2) is 24.4 Å². The molecule has 1 aromatic heterocycles. The monoisotopic (exact) mass is 532 g/mol. The molecule has 1 aromatic carbocycles. The summed E-state index contributed by atoms with van der Waals surface area (Å²) in [7, 11) is -0.661. The fraction of sp³-hybridized carbons (Fsp3) is 0.571. The number of nitrogens with one attached hydrogen (secondary N) is 1. The van der Waals surface area contributed by atoms with Crippen LogP contribution in [0.3, 0.4) is 0 Å². The second-order valence-corrected chi connectivity index (χ2v) is 16.5. The van der Waals surface area contributed by atoms with E-state index < -0.39 is 32.0 Å². The van der Waals surface area contributed by atoms with Crippen molar-refractivity contribution in [1.82, 2.24) is 4.98 Å². The summed E-state index contributed by atoms with van der Waals surface area (Å²) < 4.78 is 46.2. The average molecular weight is 533 g/mol. The first-order valence-electron chi connectivity index (χ1n) is 12.9. The minimum absolute atomic E-state index is 0.0364. The molecule has 5 atom stereocenters. The molecule has 202 valence electrons. The first-order chi connectivity index (χ1) is 17.2.